The summed E-state index contributed by atoms with van der Waals surface area (Å²) in [5, 5.41) is 11.5. The van der Waals surface area contributed by atoms with Crippen LogP contribution in [0.15, 0.2) is 11.6 Å². The maximum absolute atomic E-state index is 13.0. The van der Waals surface area contributed by atoms with Crippen LogP contribution in [-0.2, 0) is 23.9 Å². The summed E-state index contributed by atoms with van der Waals surface area (Å²) in [6.07, 6.45) is 6.42. The highest BCUT2D eigenvalue weighted by Gasteiger charge is 2.70. The van der Waals surface area contributed by atoms with Gasteiger partial charge in [-0.2, -0.15) is 0 Å². The van der Waals surface area contributed by atoms with Gasteiger partial charge < -0.3 is 9.84 Å². The molecule has 170 valence electrons. The number of carbonyl (C=O) groups is 4. The molecule has 3 unspecified atom stereocenters. The van der Waals surface area contributed by atoms with Crippen molar-refractivity contribution in [2.24, 2.45) is 28.6 Å². The van der Waals surface area contributed by atoms with E-state index in [2.05, 4.69) is 6.92 Å². The Labute approximate surface area is 183 Å². The van der Waals surface area contributed by atoms with Gasteiger partial charge in [0.25, 0.3) is 0 Å². The number of fused-ring (bicyclic) bond motifs is 5. The lowest BCUT2D eigenvalue weighted by atomic mass is 9.45. The van der Waals surface area contributed by atoms with Gasteiger partial charge in [-0.3, -0.25) is 19.2 Å². The fourth-order valence-electron chi connectivity index (χ4n) is 7.84. The highest BCUT2D eigenvalue weighted by Crippen LogP contribution is 2.68. The number of ketones is 2. The number of hydrogen-bond acceptors (Lipinski definition) is 6. The maximum atomic E-state index is 13.0. The summed E-state index contributed by atoms with van der Waals surface area (Å²) >= 11 is 0. The van der Waals surface area contributed by atoms with Crippen molar-refractivity contribution in [3.8, 4) is 0 Å². The van der Waals surface area contributed by atoms with Crippen LogP contribution in [-0.4, -0.2) is 40.6 Å². The number of aliphatic hydroxyl groups is 1. The number of esters is 1. The van der Waals surface area contributed by atoms with Crippen molar-refractivity contribution in [1.82, 2.24) is 0 Å². The van der Waals surface area contributed by atoms with Crippen LogP contribution in [0.1, 0.15) is 78.6 Å². The predicted molar refractivity (Wildman–Crippen MR) is 113 cm³/mol. The molecule has 0 aromatic carbocycles. The molecular weight excluding hydrogens is 396 g/mol. The van der Waals surface area contributed by atoms with E-state index >= 15 is 0 Å². The Hall–Kier alpha value is -1.82. The van der Waals surface area contributed by atoms with E-state index in [1.54, 1.807) is 6.08 Å². The Morgan fingerprint density at radius 2 is 1.97 bits per heavy atom. The quantitative estimate of drug-likeness (QED) is 0.408. The lowest BCUT2D eigenvalue weighted by Crippen LogP contribution is -2.63. The summed E-state index contributed by atoms with van der Waals surface area (Å²) in [7, 11) is 0. The van der Waals surface area contributed by atoms with Gasteiger partial charge in [-0.25, -0.2) is 0 Å². The second-order valence-electron chi connectivity index (χ2n) is 10.6. The molecule has 6 heteroatoms. The minimum atomic E-state index is -1.49. The summed E-state index contributed by atoms with van der Waals surface area (Å²) in [6.45, 7) is 5.98. The second-order valence-corrected chi connectivity index (χ2v) is 10.6. The molecule has 0 aromatic heterocycles. The standard InChI is InChI=1S/C25H34O6/c1-4-5-21(30)31-25(20(29)14-26)11-9-18-17-7-6-15-12-16(27)8-10-23(15,2)22(17)19(28)13-24(18,25)3/h12,14,17-19,22,28H,4-11,13H2,1-3H3/t17?,18?,19-,22?,23-,24-,25-/m0/s1. The topological polar surface area (TPSA) is 97.7 Å². The Balaban J connectivity index is 1.73. The van der Waals surface area contributed by atoms with Crippen molar-refractivity contribution in [1.29, 1.82) is 0 Å². The summed E-state index contributed by atoms with van der Waals surface area (Å²) < 4.78 is 5.85. The average molecular weight is 431 g/mol. The van der Waals surface area contributed by atoms with Gasteiger partial charge in [-0.15, -0.1) is 0 Å². The van der Waals surface area contributed by atoms with Crippen molar-refractivity contribution in [3.63, 3.8) is 0 Å². The summed E-state index contributed by atoms with van der Waals surface area (Å²) in [5.41, 5.74) is -1.35. The van der Waals surface area contributed by atoms with Gasteiger partial charge in [0.2, 0.25) is 5.78 Å². The van der Waals surface area contributed by atoms with Crippen LogP contribution in [0.25, 0.3) is 0 Å². The second kappa shape index (κ2) is 7.65. The highest BCUT2D eigenvalue weighted by atomic mass is 16.6. The van der Waals surface area contributed by atoms with Crippen LogP contribution in [0.5, 0.6) is 0 Å². The van der Waals surface area contributed by atoms with Crippen molar-refractivity contribution in [2.45, 2.75) is 90.3 Å². The first kappa shape index (κ1) is 22.4. The highest BCUT2D eigenvalue weighted by molar-refractivity contribution is 6.29. The van der Waals surface area contributed by atoms with Crippen LogP contribution in [0, 0.1) is 28.6 Å². The molecule has 31 heavy (non-hydrogen) atoms. The minimum absolute atomic E-state index is 0.00662. The van der Waals surface area contributed by atoms with Crippen molar-refractivity contribution in [3.05, 3.63) is 11.6 Å². The number of aldehydes is 1. The zero-order valence-electron chi connectivity index (χ0n) is 18.8. The first-order valence-corrected chi connectivity index (χ1v) is 11.8. The largest absolute Gasteiger partial charge is 0.450 e. The molecule has 0 aliphatic heterocycles. The van der Waals surface area contributed by atoms with Crippen LogP contribution in [0.3, 0.4) is 0 Å². The molecule has 0 saturated heterocycles. The van der Waals surface area contributed by atoms with Crippen molar-refractivity contribution >= 4 is 23.8 Å². The maximum Gasteiger partial charge on any atom is 0.306 e. The molecule has 0 heterocycles. The molecule has 3 saturated carbocycles. The zero-order chi connectivity index (χ0) is 22.6. The van der Waals surface area contributed by atoms with Crippen molar-refractivity contribution < 1.29 is 29.0 Å². The third-order valence-corrected chi connectivity index (χ3v) is 9.26. The predicted octanol–water partition coefficient (Wildman–Crippen LogP) is 3.34. The lowest BCUT2D eigenvalue weighted by Gasteiger charge is -2.60. The number of aliphatic hydroxyl groups excluding tert-OH is 1. The Morgan fingerprint density at radius 1 is 1.23 bits per heavy atom. The van der Waals surface area contributed by atoms with E-state index < -0.39 is 28.9 Å². The Kier molecular flexibility index (Phi) is 5.52. The Bertz CT molecular complexity index is 845. The van der Waals surface area contributed by atoms with Gasteiger partial charge >= 0.3 is 5.97 Å². The van der Waals surface area contributed by atoms with E-state index in [0.29, 0.717) is 38.4 Å². The zero-order valence-corrected chi connectivity index (χ0v) is 18.8. The molecule has 7 atom stereocenters. The van der Waals surface area contributed by atoms with Crippen LogP contribution < -0.4 is 0 Å². The molecule has 4 rings (SSSR count). The number of allylic oxidation sites excluding steroid dienone is 1. The van der Waals surface area contributed by atoms with Gasteiger partial charge in [0.15, 0.2) is 17.7 Å². The Morgan fingerprint density at radius 3 is 2.65 bits per heavy atom. The molecule has 0 bridgehead atoms. The molecule has 1 N–H and O–H groups in total. The third kappa shape index (κ3) is 3.08. The number of carbonyl (C=O) groups excluding carboxylic acids is 4. The number of hydrogen-bond donors (Lipinski definition) is 1. The molecule has 0 spiro atoms. The van der Waals surface area contributed by atoms with E-state index in [1.807, 2.05) is 13.8 Å². The van der Waals surface area contributed by atoms with Gasteiger partial charge in [0.05, 0.1) is 6.10 Å². The fourth-order valence-corrected chi connectivity index (χ4v) is 7.84. The smallest absolute Gasteiger partial charge is 0.306 e. The van der Waals surface area contributed by atoms with E-state index in [0.717, 1.165) is 24.8 Å². The molecule has 4 aliphatic carbocycles. The number of Topliss-reactive ketones (excluding diaryl/α,β-unsaturated/α-hetero) is 1. The lowest BCUT2D eigenvalue weighted by molar-refractivity contribution is -0.200. The molecule has 3 fully saturated rings. The van der Waals surface area contributed by atoms with E-state index in [-0.39, 0.29) is 35.4 Å². The van der Waals surface area contributed by atoms with E-state index in [1.165, 1.54) is 0 Å². The first-order chi connectivity index (χ1) is 14.6. The molecule has 0 amide bonds. The monoisotopic (exact) mass is 430 g/mol. The first-order valence-electron chi connectivity index (χ1n) is 11.8. The van der Waals surface area contributed by atoms with Gasteiger partial charge in [0.1, 0.15) is 0 Å². The molecule has 0 radical (unpaired) electrons. The third-order valence-electron chi connectivity index (χ3n) is 9.26. The average Bonchev–Trinajstić information content (AvgIpc) is 3.00. The summed E-state index contributed by atoms with van der Waals surface area (Å²) in [6, 6.07) is 0. The fraction of sp³-hybridized carbons (Fsp3) is 0.760. The SMILES string of the molecule is CCCC(=O)O[C@]1(C(=O)C=O)CCC2C3CCC4=CC(=O)CC[C@]4(C)C3[C@@H](O)C[C@@]21C. The van der Waals surface area contributed by atoms with Crippen LogP contribution >= 0.6 is 0 Å². The number of rotatable bonds is 5. The van der Waals surface area contributed by atoms with Gasteiger partial charge in [-0.05, 0) is 74.2 Å². The summed E-state index contributed by atoms with van der Waals surface area (Å²) in [5.74, 6) is -0.723. The van der Waals surface area contributed by atoms with E-state index in [9.17, 15) is 24.3 Å². The molecule has 6 nitrogen and oxygen atoms in total. The summed E-state index contributed by atoms with van der Waals surface area (Å²) in [4.78, 5) is 49.1. The van der Waals surface area contributed by atoms with Crippen LogP contribution in [0.4, 0.5) is 0 Å². The van der Waals surface area contributed by atoms with Gasteiger partial charge in [0, 0.05) is 18.3 Å². The number of ether oxygens (including phenoxy) is 1. The molecule has 0 aromatic rings. The molecular formula is C25H34O6. The van der Waals surface area contributed by atoms with Crippen molar-refractivity contribution in [2.75, 3.05) is 0 Å². The van der Waals surface area contributed by atoms with Crippen LogP contribution in [0.2, 0.25) is 0 Å². The van der Waals surface area contributed by atoms with E-state index in [4.69, 9.17) is 4.74 Å². The minimum Gasteiger partial charge on any atom is -0.450 e. The molecule has 4 aliphatic rings. The normalized spacial score (nSPS) is 43.9. The van der Waals surface area contributed by atoms with Gasteiger partial charge in [-0.1, -0.05) is 26.3 Å².